The summed E-state index contributed by atoms with van der Waals surface area (Å²) in [6.07, 6.45) is 3.93. The van der Waals surface area contributed by atoms with Crippen molar-refractivity contribution in [1.82, 2.24) is 10.2 Å². The van der Waals surface area contributed by atoms with E-state index >= 15 is 0 Å². The number of likely N-dealkylation sites (tertiary alicyclic amines) is 1. The first-order valence-electron chi connectivity index (χ1n) is 5.52. The number of piperidine rings is 1. The fourth-order valence-corrected chi connectivity index (χ4v) is 1.78. The Morgan fingerprint density at radius 1 is 1.67 bits per heavy atom. The van der Waals surface area contributed by atoms with Gasteiger partial charge in [-0.15, -0.1) is 6.58 Å². The van der Waals surface area contributed by atoms with Crippen LogP contribution in [-0.4, -0.2) is 42.5 Å². The van der Waals surface area contributed by atoms with Crippen LogP contribution < -0.4 is 11.1 Å². The monoisotopic (exact) mass is 211 g/mol. The topological polar surface area (TPSA) is 58.4 Å². The molecule has 15 heavy (non-hydrogen) atoms. The minimum Gasteiger partial charge on any atom is -0.352 e. The van der Waals surface area contributed by atoms with Crippen molar-refractivity contribution in [1.29, 1.82) is 0 Å². The van der Waals surface area contributed by atoms with Crippen molar-refractivity contribution >= 4 is 5.91 Å². The number of nitrogens with one attached hydrogen (secondary N) is 1. The third-order valence-electron chi connectivity index (χ3n) is 2.73. The predicted molar refractivity (Wildman–Crippen MR) is 61.5 cm³/mol. The van der Waals surface area contributed by atoms with Crippen LogP contribution in [0.1, 0.15) is 19.8 Å². The molecule has 1 fully saturated rings. The van der Waals surface area contributed by atoms with Crippen LogP contribution in [-0.2, 0) is 4.79 Å². The highest BCUT2D eigenvalue weighted by atomic mass is 16.2. The number of hydrogen-bond acceptors (Lipinski definition) is 3. The summed E-state index contributed by atoms with van der Waals surface area (Å²) in [7, 11) is 0. The molecule has 1 aliphatic heterocycles. The van der Waals surface area contributed by atoms with Crippen molar-refractivity contribution in [3.05, 3.63) is 12.7 Å². The molecule has 0 aromatic heterocycles. The van der Waals surface area contributed by atoms with E-state index in [0.717, 1.165) is 32.5 Å². The maximum atomic E-state index is 11.4. The number of carbonyl (C=O) groups is 1. The highest BCUT2D eigenvalue weighted by Gasteiger charge is 2.20. The number of amides is 1. The van der Waals surface area contributed by atoms with Gasteiger partial charge in [0.15, 0.2) is 0 Å². The quantitative estimate of drug-likeness (QED) is 0.648. The molecule has 0 aromatic rings. The van der Waals surface area contributed by atoms with Crippen LogP contribution in [0.2, 0.25) is 0 Å². The molecule has 1 atom stereocenters. The van der Waals surface area contributed by atoms with E-state index in [4.69, 9.17) is 5.73 Å². The van der Waals surface area contributed by atoms with Gasteiger partial charge in [0, 0.05) is 25.7 Å². The Morgan fingerprint density at radius 2 is 2.27 bits per heavy atom. The average molecular weight is 211 g/mol. The van der Waals surface area contributed by atoms with Crippen LogP contribution in [0.3, 0.4) is 0 Å². The van der Waals surface area contributed by atoms with E-state index in [9.17, 15) is 4.79 Å². The maximum absolute atomic E-state index is 11.4. The van der Waals surface area contributed by atoms with Gasteiger partial charge in [0.25, 0.3) is 0 Å². The Hall–Kier alpha value is -0.870. The molecule has 0 aromatic carbocycles. The van der Waals surface area contributed by atoms with Gasteiger partial charge in [-0.1, -0.05) is 6.08 Å². The van der Waals surface area contributed by atoms with Gasteiger partial charge in [-0.3, -0.25) is 9.69 Å². The predicted octanol–water partition coefficient (Wildman–Crippen LogP) is 0.100. The molecule has 4 heteroatoms. The number of rotatable bonds is 4. The van der Waals surface area contributed by atoms with Crippen LogP contribution in [0.5, 0.6) is 0 Å². The molecule has 0 spiro atoms. The Bertz CT molecular complexity index is 220. The van der Waals surface area contributed by atoms with E-state index in [1.54, 1.807) is 6.92 Å². The van der Waals surface area contributed by atoms with Crippen LogP contribution in [0, 0.1) is 0 Å². The van der Waals surface area contributed by atoms with Crippen molar-refractivity contribution in [3.8, 4) is 0 Å². The van der Waals surface area contributed by atoms with Crippen LogP contribution >= 0.6 is 0 Å². The normalized spacial score (nSPS) is 20.9. The summed E-state index contributed by atoms with van der Waals surface area (Å²) in [5.41, 5.74) is 5.49. The molecule has 0 saturated carbocycles. The molecule has 0 unspecified atom stereocenters. The van der Waals surface area contributed by atoms with Crippen LogP contribution in [0.15, 0.2) is 12.7 Å². The second-order valence-corrected chi connectivity index (χ2v) is 4.16. The lowest BCUT2D eigenvalue weighted by Crippen LogP contribution is -2.48. The summed E-state index contributed by atoms with van der Waals surface area (Å²) in [5, 5.41) is 2.96. The minimum absolute atomic E-state index is 0.0443. The molecular weight excluding hydrogens is 190 g/mol. The van der Waals surface area contributed by atoms with Crippen LogP contribution in [0.4, 0.5) is 0 Å². The van der Waals surface area contributed by atoms with E-state index in [1.165, 1.54) is 0 Å². The zero-order valence-corrected chi connectivity index (χ0v) is 9.41. The molecule has 1 aliphatic rings. The average Bonchev–Trinajstić information content (AvgIpc) is 2.21. The largest absolute Gasteiger partial charge is 0.352 e. The fourth-order valence-electron chi connectivity index (χ4n) is 1.78. The van der Waals surface area contributed by atoms with Crippen LogP contribution in [0.25, 0.3) is 0 Å². The number of carbonyl (C=O) groups excluding carboxylic acids is 1. The van der Waals surface area contributed by atoms with E-state index in [2.05, 4.69) is 16.8 Å². The van der Waals surface area contributed by atoms with Gasteiger partial charge in [0.05, 0.1) is 6.04 Å². The highest BCUT2D eigenvalue weighted by molar-refractivity contribution is 5.81. The molecule has 1 saturated heterocycles. The van der Waals surface area contributed by atoms with Gasteiger partial charge >= 0.3 is 0 Å². The third kappa shape index (κ3) is 4.01. The van der Waals surface area contributed by atoms with E-state index in [-0.39, 0.29) is 5.91 Å². The highest BCUT2D eigenvalue weighted by Crippen LogP contribution is 2.09. The molecule has 1 heterocycles. The molecule has 1 amide bonds. The maximum Gasteiger partial charge on any atom is 0.236 e. The molecule has 0 aliphatic carbocycles. The van der Waals surface area contributed by atoms with Crippen molar-refractivity contribution in [2.75, 3.05) is 19.6 Å². The summed E-state index contributed by atoms with van der Waals surface area (Å²) >= 11 is 0. The molecular formula is C11H21N3O. The molecule has 1 rings (SSSR count). The first kappa shape index (κ1) is 12.2. The van der Waals surface area contributed by atoms with Crippen molar-refractivity contribution in [2.45, 2.75) is 31.8 Å². The van der Waals surface area contributed by atoms with Crippen molar-refractivity contribution in [3.63, 3.8) is 0 Å². The minimum atomic E-state index is -0.406. The van der Waals surface area contributed by atoms with Gasteiger partial charge < -0.3 is 11.1 Å². The van der Waals surface area contributed by atoms with Gasteiger partial charge in [-0.25, -0.2) is 0 Å². The van der Waals surface area contributed by atoms with Gasteiger partial charge in [0.1, 0.15) is 0 Å². The van der Waals surface area contributed by atoms with Crippen molar-refractivity contribution < 1.29 is 4.79 Å². The zero-order valence-electron chi connectivity index (χ0n) is 9.41. The van der Waals surface area contributed by atoms with E-state index < -0.39 is 6.04 Å². The zero-order chi connectivity index (χ0) is 11.3. The Balaban J connectivity index is 2.25. The van der Waals surface area contributed by atoms with E-state index in [1.807, 2.05) is 6.08 Å². The molecule has 3 N–H and O–H groups in total. The van der Waals surface area contributed by atoms with Gasteiger partial charge in [-0.05, 0) is 19.8 Å². The fraction of sp³-hybridized carbons (Fsp3) is 0.727. The molecule has 0 radical (unpaired) electrons. The summed E-state index contributed by atoms with van der Waals surface area (Å²) in [6.45, 7) is 8.41. The Morgan fingerprint density at radius 3 is 2.73 bits per heavy atom. The lowest BCUT2D eigenvalue weighted by atomic mass is 10.0. The number of nitrogens with zero attached hydrogens (tertiary/aromatic N) is 1. The number of nitrogens with two attached hydrogens (primary N) is 1. The SMILES string of the molecule is C=CCN1CCC(NC(=O)[C@@H](C)N)CC1. The summed E-state index contributed by atoms with van der Waals surface area (Å²) < 4.78 is 0. The smallest absolute Gasteiger partial charge is 0.236 e. The summed E-state index contributed by atoms with van der Waals surface area (Å²) in [4.78, 5) is 13.7. The number of hydrogen-bond donors (Lipinski definition) is 2. The first-order valence-corrected chi connectivity index (χ1v) is 5.52. The summed E-state index contributed by atoms with van der Waals surface area (Å²) in [6, 6.07) is -0.110. The lowest BCUT2D eigenvalue weighted by molar-refractivity contribution is -0.123. The molecule has 0 bridgehead atoms. The standard InChI is InChI=1S/C11H21N3O/c1-3-6-14-7-4-10(5-8-14)13-11(15)9(2)12/h3,9-10H,1,4-8,12H2,2H3,(H,13,15)/t9-/m1/s1. The molecule has 86 valence electrons. The second-order valence-electron chi connectivity index (χ2n) is 4.16. The summed E-state index contributed by atoms with van der Waals surface area (Å²) in [5.74, 6) is -0.0443. The van der Waals surface area contributed by atoms with Gasteiger partial charge in [-0.2, -0.15) is 0 Å². The Kier molecular flexibility index (Phi) is 4.78. The first-order chi connectivity index (χ1) is 7.13. The second kappa shape index (κ2) is 5.88. The van der Waals surface area contributed by atoms with Crippen molar-refractivity contribution in [2.24, 2.45) is 5.73 Å². The van der Waals surface area contributed by atoms with Gasteiger partial charge in [0.2, 0.25) is 5.91 Å². The van der Waals surface area contributed by atoms with E-state index in [0.29, 0.717) is 6.04 Å². The third-order valence-corrected chi connectivity index (χ3v) is 2.73. The molecule has 4 nitrogen and oxygen atoms in total. The lowest BCUT2D eigenvalue weighted by Gasteiger charge is -2.31. The Labute approximate surface area is 91.5 Å².